The zero-order chi connectivity index (χ0) is 12.6. The van der Waals surface area contributed by atoms with Crippen molar-refractivity contribution in [3.8, 4) is 0 Å². The van der Waals surface area contributed by atoms with Crippen LogP contribution in [-0.2, 0) is 0 Å². The van der Waals surface area contributed by atoms with Crippen LogP contribution in [0.15, 0.2) is 28.7 Å². The highest BCUT2D eigenvalue weighted by Crippen LogP contribution is 2.41. The van der Waals surface area contributed by atoms with Gasteiger partial charge in [-0.2, -0.15) is 0 Å². The second-order valence-corrected chi connectivity index (χ2v) is 7.87. The first kappa shape index (κ1) is 14.4. The molecule has 90 valence electrons. The molecule has 0 N–H and O–H groups in total. The Morgan fingerprint density at radius 2 is 1.94 bits per heavy atom. The average Bonchev–Trinajstić information content (AvgIpc) is 2.62. The maximum atomic E-state index is 6.46. The predicted octanol–water partition coefficient (Wildman–Crippen LogP) is 6.75. The molecule has 1 unspecified atom stereocenters. The zero-order valence-electron chi connectivity index (χ0n) is 8.18. The Labute approximate surface area is 141 Å². The minimum absolute atomic E-state index is 0.227. The topological polar surface area (TPSA) is 0 Å². The highest BCUT2D eigenvalue weighted by Gasteiger charge is 2.18. The minimum atomic E-state index is -0.227. The Bertz CT molecular complexity index is 536. The first-order chi connectivity index (χ1) is 7.99. The quantitative estimate of drug-likeness (QED) is 0.328. The monoisotopic (exact) mass is 480 g/mol. The molecule has 0 radical (unpaired) electrons. The van der Waals surface area contributed by atoms with E-state index in [4.69, 9.17) is 34.8 Å². The molecule has 6 heteroatoms. The third-order valence-electron chi connectivity index (χ3n) is 2.15. The molecule has 0 aliphatic rings. The fourth-order valence-electron chi connectivity index (χ4n) is 1.35. The summed E-state index contributed by atoms with van der Waals surface area (Å²) in [5.41, 5.74) is 1.00. The van der Waals surface area contributed by atoms with Gasteiger partial charge in [-0.3, -0.25) is 0 Å². The Kier molecular flexibility index (Phi) is 5.06. The maximum absolute atomic E-state index is 6.46. The highest BCUT2D eigenvalue weighted by molar-refractivity contribution is 14.1. The molecular formula is C11H5BrCl3IS. The normalized spacial score (nSPS) is 12.8. The van der Waals surface area contributed by atoms with E-state index in [1.165, 1.54) is 11.3 Å². The van der Waals surface area contributed by atoms with Crippen molar-refractivity contribution in [3.63, 3.8) is 0 Å². The number of hydrogen-bond donors (Lipinski definition) is 0. The van der Waals surface area contributed by atoms with Gasteiger partial charge in [0.05, 0.1) is 5.38 Å². The van der Waals surface area contributed by atoms with Gasteiger partial charge in [0.1, 0.15) is 4.34 Å². The zero-order valence-corrected chi connectivity index (χ0v) is 15.0. The van der Waals surface area contributed by atoms with E-state index in [9.17, 15) is 0 Å². The van der Waals surface area contributed by atoms with E-state index in [-0.39, 0.29) is 5.38 Å². The molecule has 0 saturated heterocycles. The van der Waals surface area contributed by atoms with E-state index in [0.29, 0.717) is 9.36 Å². The number of benzene rings is 1. The van der Waals surface area contributed by atoms with Gasteiger partial charge in [-0.05, 0) is 68.3 Å². The molecule has 0 bridgehead atoms. The molecule has 1 aromatic carbocycles. The van der Waals surface area contributed by atoms with Crippen LogP contribution in [0.4, 0.5) is 0 Å². The number of rotatable bonds is 2. The summed E-state index contributed by atoms with van der Waals surface area (Å²) < 4.78 is 2.68. The first-order valence-corrected chi connectivity index (χ1v) is 8.41. The highest BCUT2D eigenvalue weighted by atomic mass is 127. The van der Waals surface area contributed by atoms with Gasteiger partial charge < -0.3 is 0 Å². The van der Waals surface area contributed by atoms with E-state index in [2.05, 4.69) is 38.5 Å². The Hall–Kier alpha value is 1.000. The first-order valence-electron chi connectivity index (χ1n) is 4.53. The van der Waals surface area contributed by atoms with Crippen LogP contribution in [0, 0.1) is 3.57 Å². The summed E-state index contributed by atoms with van der Waals surface area (Å²) in [5.74, 6) is 0. The van der Waals surface area contributed by atoms with Crippen molar-refractivity contribution < 1.29 is 0 Å². The SMILES string of the molecule is Clc1ccc(I)c(C(Cl)c2cc(Br)c(Cl)s2)c1. The van der Waals surface area contributed by atoms with Crippen molar-refractivity contribution >= 4 is 84.7 Å². The standard InChI is InChI=1S/C11H5BrCl3IS/c12-7-4-9(17-11(7)15)10(14)6-3-5(13)1-2-8(6)16/h1-4,10H. The second-order valence-electron chi connectivity index (χ2n) is 3.30. The maximum Gasteiger partial charge on any atom is 0.107 e. The Balaban J connectivity index is 2.42. The fourth-order valence-corrected chi connectivity index (χ4v) is 4.47. The molecule has 2 aromatic rings. The van der Waals surface area contributed by atoms with Crippen LogP contribution in [0.2, 0.25) is 9.36 Å². The number of hydrogen-bond acceptors (Lipinski definition) is 1. The molecule has 17 heavy (non-hydrogen) atoms. The summed E-state index contributed by atoms with van der Waals surface area (Å²) >= 11 is 25.6. The van der Waals surface area contributed by atoms with Crippen molar-refractivity contribution in [2.24, 2.45) is 0 Å². The van der Waals surface area contributed by atoms with Gasteiger partial charge in [-0.15, -0.1) is 22.9 Å². The van der Waals surface area contributed by atoms with Crippen LogP contribution < -0.4 is 0 Å². The van der Waals surface area contributed by atoms with Gasteiger partial charge in [-0.1, -0.05) is 23.2 Å². The molecule has 0 saturated carbocycles. The molecule has 1 atom stereocenters. The van der Waals surface area contributed by atoms with E-state index >= 15 is 0 Å². The number of thiophene rings is 1. The van der Waals surface area contributed by atoms with Gasteiger partial charge in [0, 0.05) is 17.9 Å². The molecule has 0 nitrogen and oxygen atoms in total. The van der Waals surface area contributed by atoms with Crippen LogP contribution in [0.25, 0.3) is 0 Å². The Morgan fingerprint density at radius 1 is 1.24 bits per heavy atom. The lowest BCUT2D eigenvalue weighted by molar-refractivity contribution is 1.17. The van der Waals surface area contributed by atoms with Gasteiger partial charge in [0.25, 0.3) is 0 Å². The van der Waals surface area contributed by atoms with E-state index in [1.54, 1.807) is 0 Å². The van der Waals surface area contributed by atoms with Crippen LogP contribution in [0.1, 0.15) is 15.8 Å². The smallest absolute Gasteiger partial charge is 0.107 e. The lowest BCUT2D eigenvalue weighted by atomic mass is 10.1. The van der Waals surface area contributed by atoms with Crippen molar-refractivity contribution in [2.75, 3.05) is 0 Å². The number of alkyl halides is 1. The van der Waals surface area contributed by atoms with Crippen LogP contribution in [0.3, 0.4) is 0 Å². The Morgan fingerprint density at radius 3 is 2.53 bits per heavy atom. The van der Waals surface area contributed by atoms with E-state index in [1.807, 2.05) is 24.3 Å². The third kappa shape index (κ3) is 3.31. The van der Waals surface area contributed by atoms with E-state index < -0.39 is 0 Å². The van der Waals surface area contributed by atoms with Gasteiger partial charge in [0.2, 0.25) is 0 Å². The van der Waals surface area contributed by atoms with Crippen molar-refractivity contribution in [1.29, 1.82) is 0 Å². The summed E-state index contributed by atoms with van der Waals surface area (Å²) in [6.07, 6.45) is 0. The summed E-state index contributed by atoms with van der Waals surface area (Å²) in [6.45, 7) is 0. The second kappa shape index (κ2) is 5.97. The summed E-state index contributed by atoms with van der Waals surface area (Å²) in [6, 6.07) is 7.65. The van der Waals surface area contributed by atoms with Gasteiger partial charge in [0.15, 0.2) is 0 Å². The molecular weight excluding hydrogens is 477 g/mol. The molecule has 0 aliphatic heterocycles. The molecule has 0 spiro atoms. The molecule has 0 amide bonds. The lowest BCUT2D eigenvalue weighted by Gasteiger charge is -2.10. The third-order valence-corrected chi connectivity index (χ3v) is 6.50. The number of halogens is 5. The van der Waals surface area contributed by atoms with Crippen molar-refractivity contribution in [2.45, 2.75) is 5.38 Å². The van der Waals surface area contributed by atoms with E-state index in [0.717, 1.165) is 18.5 Å². The largest absolute Gasteiger partial charge is 0.125 e. The molecule has 1 heterocycles. The fraction of sp³-hybridized carbons (Fsp3) is 0.0909. The van der Waals surface area contributed by atoms with Crippen LogP contribution in [0.5, 0.6) is 0 Å². The summed E-state index contributed by atoms with van der Waals surface area (Å²) in [7, 11) is 0. The molecule has 0 fully saturated rings. The lowest BCUT2D eigenvalue weighted by Crippen LogP contribution is -1.93. The van der Waals surface area contributed by atoms with Crippen LogP contribution in [-0.4, -0.2) is 0 Å². The molecule has 2 rings (SSSR count). The predicted molar refractivity (Wildman–Crippen MR) is 88.9 cm³/mol. The summed E-state index contributed by atoms with van der Waals surface area (Å²) in [5, 5.41) is 0.460. The molecule has 0 aliphatic carbocycles. The van der Waals surface area contributed by atoms with Gasteiger partial charge >= 0.3 is 0 Å². The van der Waals surface area contributed by atoms with Crippen LogP contribution >= 0.6 is 84.7 Å². The van der Waals surface area contributed by atoms with Crippen molar-refractivity contribution in [1.82, 2.24) is 0 Å². The molecule has 1 aromatic heterocycles. The summed E-state index contributed by atoms with van der Waals surface area (Å²) in [4.78, 5) is 1.00. The average molecular weight is 482 g/mol. The minimum Gasteiger partial charge on any atom is -0.125 e. The van der Waals surface area contributed by atoms with Crippen molar-refractivity contribution in [3.05, 3.63) is 52.1 Å². The van der Waals surface area contributed by atoms with Gasteiger partial charge in [-0.25, -0.2) is 0 Å².